The van der Waals surface area contributed by atoms with Crippen molar-refractivity contribution in [3.63, 3.8) is 0 Å². The van der Waals surface area contributed by atoms with Crippen LogP contribution in [-0.2, 0) is 24.2 Å². The number of rotatable bonds is 6. The van der Waals surface area contributed by atoms with Crippen LogP contribution < -0.4 is 4.83 Å². The zero-order chi connectivity index (χ0) is 24.1. The second-order valence-corrected chi connectivity index (χ2v) is 10.7. The molecule has 2 aliphatic heterocycles. The highest BCUT2D eigenvalue weighted by atomic mass is 35.5. The van der Waals surface area contributed by atoms with Gasteiger partial charge in [0.15, 0.2) is 12.0 Å². The molecule has 0 unspecified atom stereocenters. The van der Waals surface area contributed by atoms with E-state index in [2.05, 4.69) is 19.9 Å². The fourth-order valence-corrected chi connectivity index (χ4v) is 5.26. The highest BCUT2D eigenvalue weighted by Gasteiger charge is 2.55. The van der Waals surface area contributed by atoms with Crippen molar-refractivity contribution in [2.75, 3.05) is 0 Å². The minimum absolute atomic E-state index is 0.141. The molecule has 2 aromatic heterocycles. The number of halogens is 1. The van der Waals surface area contributed by atoms with Crippen LogP contribution in [0.2, 0.25) is 5.15 Å². The SMILES string of the molecule is Cc1ccc(S(=O)(=O)N/N=C\C[C@H]2O[C@@H](n3ccc4c(Cl)ncnc43)[C@@H]3OC(C)(C)O[C@@H]32)cc1. The number of nitrogens with one attached hydrogen (secondary N) is 1. The van der Waals surface area contributed by atoms with E-state index in [-0.39, 0.29) is 11.0 Å². The van der Waals surface area contributed by atoms with Crippen molar-refractivity contribution in [3.8, 4) is 0 Å². The van der Waals surface area contributed by atoms with Crippen molar-refractivity contribution in [1.29, 1.82) is 0 Å². The lowest BCUT2D eigenvalue weighted by Gasteiger charge is -2.24. The van der Waals surface area contributed by atoms with Crippen LogP contribution in [0.15, 0.2) is 52.9 Å². The third kappa shape index (κ3) is 4.29. The summed E-state index contributed by atoms with van der Waals surface area (Å²) in [5, 5.41) is 4.98. The molecule has 1 N–H and O–H groups in total. The number of aromatic nitrogens is 3. The molecule has 0 aliphatic carbocycles. The predicted octanol–water partition coefficient (Wildman–Crippen LogP) is 3.17. The minimum atomic E-state index is -3.76. The first-order valence-corrected chi connectivity index (χ1v) is 12.6. The molecule has 0 spiro atoms. The third-order valence-electron chi connectivity index (χ3n) is 5.79. The second-order valence-electron chi connectivity index (χ2n) is 8.71. The monoisotopic (exact) mass is 505 g/mol. The third-order valence-corrected chi connectivity index (χ3v) is 7.33. The summed E-state index contributed by atoms with van der Waals surface area (Å²) in [7, 11) is -3.76. The number of ether oxygens (including phenoxy) is 3. The van der Waals surface area contributed by atoms with E-state index in [1.54, 1.807) is 12.1 Å². The molecular formula is C22H24ClN5O5S. The number of hydrogen-bond acceptors (Lipinski definition) is 8. The number of hydrazone groups is 1. The van der Waals surface area contributed by atoms with Gasteiger partial charge in [-0.2, -0.15) is 13.5 Å². The Morgan fingerprint density at radius 3 is 2.68 bits per heavy atom. The van der Waals surface area contributed by atoms with Crippen LogP contribution in [0, 0.1) is 6.92 Å². The summed E-state index contributed by atoms with van der Waals surface area (Å²) in [6.45, 7) is 5.57. The van der Waals surface area contributed by atoms with E-state index in [4.69, 9.17) is 25.8 Å². The molecule has 180 valence electrons. The molecule has 2 saturated heterocycles. The van der Waals surface area contributed by atoms with Gasteiger partial charge in [-0.3, -0.25) is 0 Å². The van der Waals surface area contributed by atoms with Crippen LogP contribution in [0.3, 0.4) is 0 Å². The Kier molecular flexibility index (Phi) is 5.85. The largest absolute Gasteiger partial charge is 0.349 e. The Bertz CT molecular complexity index is 1340. The first-order valence-electron chi connectivity index (χ1n) is 10.7. The first kappa shape index (κ1) is 23.2. The van der Waals surface area contributed by atoms with Crippen LogP contribution in [0.5, 0.6) is 0 Å². The average molecular weight is 506 g/mol. The van der Waals surface area contributed by atoms with Gasteiger partial charge in [0, 0.05) is 18.8 Å². The van der Waals surface area contributed by atoms with Gasteiger partial charge in [-0.25, -0.2) is 14.8 Å². The number of benzene rings is 1. The maximum absolute atomic E-state index is 12.4. The van der Waals surface area contributed by atoms with E-state index in [9.17, 15) is 8.42 Å². The molecule has 5 rings (SSSR count). The van der Waals surface area contributed by atoms with Gasteiger partial charge < -0.3 is 18.8 Å². The lowest BCUT2D eigenvalue weighted by atomic mass is 10.1. The van der Waals surface area contributed by atoms with Crippen LogP contribution in [0.4, 0.5) is 0 Å². The van der Waals surface area contributed by atoms with Crippen LogP contribution in [0.1, 0.15) is 32.1 Å². The summed E-state index contributed by atoms with van der Waals surface area (Å²) >= 11 is 6.20. The van der Waals surface area contributed by atoms with Gasteiger partial charge >= 0.3 is 0 Å². The van der Waals surface area contributed by atoms with Gasteiger partial charge in [0.1, 0.15) is 29.3 Å². The quantitative estimate of drug-likeness (QED) is 0.310. The molecule has 10 nitrogen and oxygen atoms in total. The molecule has 2 aliphatic rings. The number of nitrogens with zero attached hydrogens (tertiary/aromatic N) is 4. The lowest BCUT2D eigenvalue weighted by Crippen LogP contribution is -2.30. The topological polar surface area (TPSA) is 117 Å². The number of sulfonamides is 1. The normalized spacial score (nSPS) is 26.4. The van der Waals surface area contributed by atoms with Crippen molar-refractivity contribution in [3.05, 3.63) is 53.6 Å². The number of aryl methyl sites for hydroxylation is 1. The average Bonchev–Trinajstić information content (AvgIpc) is 3.43. The lowest BCUT2D eigenvalue weighted by molar-refractivity contribution is -0.195. The fraction of sp³-hybridized carbons (Fsp3) is 0.409. The van der Waals surface area contributed by atoms with Crippen molar-refractivity contribution in [2.45, 2.75) is 62.4 Å². The predicted molar refractivity (Wildman–Crippen MR) is 125 cm³/mol. The highest BCUT2D eigenvalue weighted by molar-refractivity contribution is 7.89. The summed E-state index contributed by atoms with van der Waals surface area (Å²) < 4.78 is 45.3. The summed E-state index contributed by atoms with van der Waals surface area (Å²) in [6, 6.07) is 8.35. The van der Waals surface area contributed by atoms with Gasteiger partial charge in [0.25, 0.3) is 10.0 Å². The molecule has 4 heterocycles. The zero-order valence-corrected chi connectivity index (χ0v) is 20.3. The van der Waals surface area contributed by atoms with Crippen molar-refractivity contribution >= 4 is 38.9 Å². The molecule has 0 radical (unpaired) electrons. The smallest absolute Gasteiger partial charge is 0.276 e. The van der Waals surface area contributed by atoms with Gasteiger partial charge in [-0.05, 0) is 39.0 Å². The maximum Gasteiger partial charge on any atom is 0.276 e. The molecule has 3 aromatic rings. The van der Waals surface area contributed by atoms with E-state index in [1.807, 2.05) is 37.6 Å². The zero-order valence-electron chi connectivity index (χ0n) is 18.8. The Morgan fingerprint density at radius 1 is 1.18 bits per heavy atom. The standard InChI is InChI=1S/C22H24ClN5O5S/c1-13-4-6-14(7-5-13)34(29,30)27-26-10-8-16-17-18(33-22(2,3)32-17)21(31-16)28-11-9-15-19(23)24-12-25-20(15)28/h4-7,9-12,16-18,21,27H,8H2,1-3H3/b26-10-/t16-,17-,18-,21-/m1/s1. The highest BCUT2D eigenvalue weighted by Crippen LogP contribution is 2.44. The number of hydrogen-bond donors (Lipinski definition) is 1. The minimum Gasteiger partial charge on any atom is -0.349 e. The molecule has 4 atom stereocenters. The molecule has 12 heteroatoms. The van der Waals surface area contributed by atoms with E-state index in [0.717, 1.165) is 5.56 Å². The van der Waals surface area contributed by atoms with E-state index >= 15 is 0 Å². The Hall–Kier alpha value is -2.57. The molecule has 34 heavy (non-hydrogen) atoms. The van der Waals surface area contributed by atoms with Crippen molar-refractivity contribution in [1.82, 2.24) is 19.4 Å². The maximum atomic E-state index is 12.4. The molecule has 0 bridgehead atoms. The molecule has 2 fully saturated rings. The first-order chi connectivity index (χ1) is 16.1. The Balaban J connectivity index is 1.33. The van der Waals surface area contributed by atoms with Crippen LogP contribution in [0.25, 0.3) is 11.0 Å². The van der Waals surface area contributed by atoms with E-state index < -0.39 is 34.2 Å². The van der Waals surface area contributed by atoms with E-state index in [0.29, 0.717) is 22.6 Å². The molecule has 1 aromatic carbocycles. The molecule has 0 saturated carbocycles. The van der Waals surface area contributed by atoms with Crippen LogP contribution in [-0.4, -0.2) is 53.3 Å². The van der Waals surface area contributed by atoms with Crippen LogP contribution >= 0.6 is 11.6 Å². The van der Waals surface area contributed by atoms with E-state index in [1.165, 1.54) is 24.7 Å². The fourth-order valence-electron chi connectivity index (χ4n) is 4.25. The van der Waals surface area contributed by atoms with Gasteiger partial charge in [0.2, 0.25) is 0 Å². The van der Waals surface area contributed by atoms with Crippen molar-refractivity contribution < 1.29 is 22.6 Å². The van der Waals surface area contributed by atoms with Gasteiger partial charge in [-0.15, -0.1) is 0 Å². The van der Waals surface area contributed by atoms with Gasteiger partial charge in [0.05, 0.1) is 16.4 Å². The Labute approximate surface area is 201 Å². The number of fused-ring (bicyclic) bond motifs is 2. The Morgan fingerprint density at radius 2 is 1.91 bits per heavy atom. The molecular weight excluding hydrogens is 482 g/mol. The summed E-state index contributed by atoms with van der Waals surface area (Å²) in [6.07, 6.45) is 3.29. The summed E-state index contributed by atoms with van der Waals surface area (Å²) in [4.78, 5) is 10.7. The van der Waals surface area contributed by atoms with Crippen molar-refractivity contribution in [2.24, 2.45) is 5.10 Å². The summed E-state index contributed by atoms with van der Waals surface area (Å²) in [5.74, 6) is -0.796. The van der Waals surface area contributed by atoms with Gasteiger partial charge in [-0.1, -0.05) is 29.3 Å². The summed E-state index contributed by atoms with van der Waals surface area (Å²) in [5.41, 5.74) is 1.59. The second kappa shape index (κ2) is 8.58. The molecule has 0 amide bonds.